The maximum Gasteiger partial charge on any atom is 0.225 e. The SMILES string of the molecule is CC(C)C(=O)N1CCC(CCOc2ccc(F)cc2)CC1. The van der Waals surface area contributed by atoms with Crippen LogP contribution in [-0.2, 0) is 4.79 Å². The third kappa shape index (κ3) is 4.73. The molecule has 3 nitrogen and oxygen atoms in total. The predicted molar refractivity (Wildman–Crippen MR) is 80.7 cm³/mol. The molecule has 1 aromatic carbocycles. The summed E-state index contributed by atoms with van der Waals surface area (Å²) in [7, 11) is 0. The van der Waals surface area contributed by atoms with Crippen molar-refractivity contribution in [3.8, 4) is 5.75 Å². The van der Waals surface area contributed by atoms with E-state index in [2.05, 4.69) is 0 Å². The van der Waals surface area contributed by atoms with Crippen molar-refractivity contribution in [2.45, 2.75) is 33.1 Å². The highest BCUT2D eigenvalue weighted by Gasteiger charge is 2.23. The molecule has 21 heavy (non-hydrogen) atoms. The largest absolute Gasteiger partial charge is 0.494 e. The molecule has 1 aliphatic rings. The van der Waals surface area contributed by atoms with Crippen LogP contribution < -0.4 is 4.74 Å². The second kappa shape index (κ2) is 7.43. The molecule has 0 aromatic heterocycles. The standard InChI is InChI=1S/C17H24FNO2/c1-13(2)17(20)19-10-7-14(8-11-19)9-12-21-16-5-3-15(18)4-6-16/h3-6,13-14H,7-12H2,1-2H3. The van der Waals surface area contributed by atoms with Gasteiger partial charge in [0, 0.05) is 19.0 Å². The molecule has 1 aliphatic heterocycles. The molecule has 1 saturated heterocycles. The first-order valence-corrected chi connectivity index (χ1v) is 7.73. The molecule has 116 valence electrons. The van der Waals surface area contributed by atoms with Gasteiger partial charge in [-0.1, -0.05) is 13.8 Å². The summed E-state index contributed by atoms with van der Waals surface area (Å²) in [5.41, 5.74) is 0. The molecule has 4 heteroatoms. The zero-order chi connectivity index (χ0) is 15.2. The fourth-order valence-corrected chi connectivity index (χ4v) is 2.68. The summed E-state index contributed by atoms with van der Waals surface area (Å²) in [5, 5.41) is 0. The number of hydrogen-bond acceptors (Lipinski definition) is 2. The number of halogens is 1. The minimum absolute atomic E-state index is 0.0864. The molecule has 0 bridgehead atoms. The normalized spacial score (nSPS) is 16.3. The van der Waals surface area contributed by atoms with Gasteiger partial charge in [-0.25, -0.2) is 4.39 Å². The Hall–Kier alpha value is -1.58. The van der Waals surface area contributed by atoms with E-state index in [9.17, 15) is 9.18 Å². The van der Waals surface area contributed by atoms with Crippen molar-refractivity contribution in [2.24, 2.45) is 11.8 Å². The van der Waals surface area contributed by atoms with Crippen molar-refractivity contribution >= 4 is 5.91 Å². The second-order valence-electron chi connectivity index (χ2n) is 6.01. The van der Waals surface area contributed by atoms with Crippen molar-refractivity contribution in [1.29, 1.82) is 0 Å². The summed E-state index contributed by atoms with van der Waals surface area (Å²) in [4.78, 5) is 13.9. The molecule has 0 unspecified atom stereocenters. The molecule has 2 rings (SSSR count). The van der Waals surface area contributed by atoms with Gasteiger partial charge in [0.15, 0.2) is 0 Å². The number of likely N-dealkylation sites (tertiary alicyclic amines) is 1. The maximum absolute atomic E-state index is 12.8. The summed E-state index contributed by atoms with van der Waals surface area (Å²) >= 11 is 0. The number of rotatable bonds is 5. The number of hydrogen-bond donors (Lipinski definition) is 0. The Morgan fingerprint density at radius 2 is 1.90 bits per heavy atom. The van der Waals surface area contributed by atoms with Gasteiger partial charge in [0.05, 0.1) is 6.61 Å². The van der Waals surface area contributed by atoms with Gasteiger partial charge in [0.2, 0.25) is 5.91 Å². The number of carbonyl (C=O) groups excluding carboxylic acids is 1. The topological polar surface area (TPSA) is 29.5 Å². The van der Waals surface area contributed by atoms with Gasteiger partial charge in [-0.15, -0.1) is 0 Å². The van der Waals surface area contributed by atoms with Gasteiger partial charge < -0.3 is 9.64 Å². The molecule has 1 fully saturated rings. The predicted octanol–water partition coefficient (Wildman–Crippen LogP) is 3.49. The lowest BCUT2D eigenvalue weighted by Gasteiger charge is -2.33. The Morgan fingerprint density at radius 3 is 2.48 bits per heavy atom. The first-order chi connectivity index (χ1) is 10.1. The molecule has 1 aromatic rings. The summed E-state index contributed by atoms with van der Waals surface area (Å²) in [6.45, 7) is 6.26. The van der Waals surface area contributed by atoms with Crippen LogP contribution in [0.25, 0.3) is 0 Å². The number of nitrogens with zero attached hydrogens (tertiary/aromatic N) is 1. The Bertz CT molecular complexity index is 450. The Balaban J connectivity index is 1.67. The van der Waals surface area contributed by atoms with E-state index in [4.69, 9.17) is 4.74 Å². The fraction of sp³-hybridized carbons (Fsp3) is 0.588. The zero-order valence-corrected chi connectivity index (χ0v) is 12.8. The van der Waals surface area contributed by atoms with Gasteiger partial charge in [-0.05, 0) is 49.4 Å². The van der Waals surface area contributed by atoms with Gasteiger partial charge in [-0.3, -0.25) is 4.79 Å². The number of carbonyl (C=O) groups is 1. The monoisotopic (exact) mass is 293 g/mol. The molecule has 0 spiro atoms. The van der Waals surface area contributed by atoms with Gasteiger partial charge in [-0.2, -0.15) is 0 Å². The zero-order valence-electron chi connectivity index (χ0n) is 12.8. The van der Waals surface area contributed by atoms with E-state index >= 15 is 0 Å². The Kier molecular flexibility index (Phi) is 5.59. The van der Waals surface area contributed by atoms with E-state index in [1.165, 1.54) is 12.1 Å². The van der Waals surface area contributed by atoms with Crippen LogP contribution in [0, 0.1) is 17.7 Å². The highest BCUT2D eigenvalue weighted by molar-refractivity contribution is 5.78. The fourth-order valence-electron chi connectivity index (χ4n) is 2.68. The van der Waals surface area contributed by atoms with E-state index in [0.29, 0.717) is 18.3 Å². The number of ether oxygens (including phenoxy) is 1. The average molecular weight is 293 g/mol. The Morgan fingerprint density at radius 1 is 1.29 bits per heavy atom. The summed E-state index contributed by atoms with van der Waals surface area (Å²) in [6.07, 6.45) is 3.08. The van der Waals surface area contributed by atoms with Crippen molar-refractivity contribution in [3.05, 3.63) is 30.1 Å². The average Bonchev–Trinajstić information content (AvgIpc) is 2.49. The van der Waals surface area contributed by atoms with Crippen LogP contribution in [0.4, 0.5) is 4.39 Å². The first kappa shape index (κ1) is 15.8. The molecule has 0 atom stereocenters. The molecule has 0 radical (unpaired) electrons. The van der Waals surface area contributed by atoms with Gasteiger partial charge in [0.1, 0.15) is 11.6 Å². The summed E-state index contributed by atoms with van der Waals surface area (Å²) in [6, 6.07) is 6.12. The highest BCUT2D eigenvalue weighted by atomic mass is 19.1. The molecule has 1 amide bonds. The molecule has 0 aliphatic carbocycles. The lowest BCUT2D eigenvalue weighted by atomic mass is 9.93. The second-order valence-corrected chi connectivity index (χ2v) is 6.01. The minimum atomic E-state index is -0.246. The van der Waals surface area contributed by atoms with E-state index < -0.39 is 0 Å². The van der Waals surface area contributed by atoms with E-state index in [1.807, 2.05) is 18.7 Å². The van der Waals surface area contributed by atoms with E-state index in [1.54, 1.807) is 12.1 Å². The van der Waals surface area contributed by atoms with Crippen LogP contribution >= 0.6 is 0 Å². The lowest BCUT2D eigenvalue weighted by Crippen LogP contribution is -2.40. The van der Waals surface area contributed by atoms with Crippen LogP contribution in [0.15, 0.2) is 24.3 Å². The van der Waals surface area contributed by atoms with Crippen molar-refractivity contribution in [1.82, 2.24) is 4.90 Å². The molecular formula is C17H24FNO2. The quantitative estimate of drug-likeness (QED) is 0.831. The van der Waals surface area contributed by atoms with Crippen LogP contribution in [-0.4, -0.2) is 30.5 Å². The summed E-state index contributed by atoms with van der Waals surface area (Å²) < 4.78 is 18.4. The van der Waals surface area contributed by atoms with E-state index in [0.717, 1.165) is 32.4 Å². The van der Waals surface area contributed by atoms with Crippen LogP contribution in [0.3, 0.4) is 0 Å². The molecule has 1 heterocycles. The maximum atomic E-state index is 12.8. The third-order valence-corrected chi connectivity index (χ3v) is 4.03. The van der Waals surface area contributed by atoms with Crippen LogP contribution in [0.1, 0.15) is 33.1 Å². The number of piperidine rings is 1. The lowest BCUT2D eigenvalue weighted by molar-refractivity contribution is -0.135. The summed E-state index contributed by atoms with van der Waals surface area (Å²) in [5.74, 6) is 1.43. The minimum Gasteiger partial charge on any atom is -0.494 e. The van der Waals surface area contributed by atoms with Crippen LogP contribution in [0.5, 0.6) is 5.75 Å². The van der Waals surface area contributed by atoms with E-state index in [-0.39, 0.29) is 17.6 Å². The molecular weight excluding hydrogens is 269 g/mol. The third-order valence-electron chi connectivity index (χ3n) is 4.03. The Labute approximate surface area is 126 Å². The molecule has 0 N–H and O–H groups in total. The van der Waals surface area contributed by atoms with Crippen LogP contribution in [0.2, 0.25) is 0 Å². The smallest absolute Gasteiger partial charge is 0.225 e. The van der Waals surface area contributed by atoms with Gasteiger partial charge in [0.25, 0.3) is 0 Å². The highest BCUT2D eigenvalue weighted by Crippen LogP contribution is 2.22. The first-order valence-electron chi connectivity index (χ1n) is 7.73. The van der Waals surface area contributed by atoms with Crippen molar-refractivity contribution < 1.29 is 13.9 Å². The number of benzene rings is 1. The van der Waals surface area contributed by atoms with Crippen molar-refractivity contribution in [3.63, 3.8) is 0 Å². The molecule has 0 saturated carbocycles. The van der Waals surface area contributed by atoms with Gasteiger partial charge >= 0.3 is 0 Å². The van der Waals surface area contributed by atoms with Crippen molar-refractivity contribution in [2.75, 3.05) is 19.7 Å². The number of amides is 1.